The van der Waals surface area contributed by atoms with Gasteiger partial charge >= 0.3 is 6.18 Å². The van der Waals surface area contributed by atoms with E-state index < -0.39 is 23.1 Å². The van der Waals surface area contributed by atoms with Gasteiger partial charge in [0.15, 0.2) is 17.1 Å². The number of hydrogen-bond donors (Lipinski definition) is 1. The van der Waals surface area contributed by atoms with E-state index in [9.17, 15) is 18.0 Å². The Bertz CT molecular complexity index is 1120. The quantitative estimate of drug-likeness (QED) is 0.391. The number of nitrogens with zero attached hydrogens (tertiary/aromatic N) is 3. The van der Waals surface area contributed by atoms with Gasteiger partial charge in [0.1, 0.15) is 11.5 Å². The predicted octanol–water partition coefficient (Wildman–Crippen LogP) is 5.58. The van der Waals surface area contributed by atoms with E-state index in [-0.39, 0.29) is 11.6 Å². The van der Waals surface area contributed by atoms with E-state index in [1.54, 1.807) is 20.1 Å². The zero-order valence-electron chi connectivity index (χ0n) is 19.1. The van der Waals surface area contributed by atoms with Crippen LogP contribution in [-0.4, -0.2) is 33.0 Å². The van der Waals surface area contributed by atoms with E-state index >= 15 is 0 Å². The highest BCUT2D eigenvalue weighted by molar-refractivity contribution is 8.00. The van der Waals surface area contributed by atoms with Gasteiger partial charge in [-0.25, -0.2) is 0 Å². The molecule has 0 fully saturated rings. The van der Waals surface area contributed by atoms with Crippen molar-refractivity contribution < 1.29 is 27.4 Å². The van der Waals surface area contributed by atoms with Crippen LogP contribution in [0.2, 0.25) is 0 Å². The topological polar surface area (TPSA) is 78.3 Å². The maximum atomic E-state index is 12.7. The summed E-state index contributed by atoms with van der Waals surface area (Å²) in [5.74, 6) is 1.53. The first-order valence-electron chi connectivity index (χ1n) is 10.5. The van der Waals surface area contributed by atoms with E-state index in [1.165, 1.54) is 23.9 Å². The SMILES string of the molecule is CCn1c(SC(C)C(=O)Nc2ccc(C(F)(F)F)cc2)nnc1C(C)Oc1cccc(OC)c1. The number of hydrogen-bond acceptors (Lipinski definition) is 6. The fourth-order valence-electron chi connectivity index (χ4n) is 3.11. The third-order valence-electron chi connectivity index (χ3n) is 4.91. The van der Waals surface area contributed by atoms with Gasteiger partial charge in [-0.1, -0.05) is 17.8 Å². The van der Waals surface area contributed by atoms with Crippen LogP contribution in [0.25, 0.3) is 0 Å². The Balaban J connectivity index is 1.66. The summed E-state index contributed by atoms with van der Waals surface area (Å²) in [6.45, 7) is 6.03. The van der Waals surface area contributed by atoms with Crippen LogP contribution >= 0.6 is 11.8 Å². The summed E-state index contributed by atoms with van der Waals surface area (Å²) in [6, 6.07) is 11.5. The van der Waals surface area contributed by atoms with Crippen LogP contribution in [0.3, 0.4) is 0 Å². The molecule has 0 radical (unpaired) electrons. The molecule has 0 aliphatic carbocycles. The third-order valence-corrected chi connectivity index (χ3v) is 5.99. The number of nitrogens with one attached hydrogen (secondary N) is 1. The molecule has 11 heteroatoms. The Morgan fingerprint density at radius 2 is 1.79 bits per heavy atom. The summed E-state index contributed by atoms with van der Waals surface area (Å²) in [6.07, 6.45) is -4.84. The lowest BCUT2D eigenvalue weighted by molar-refractivity contribution is -0.137. The molecule has 0 spiro atoms. The second-order valence-electron chi connectivity index (χ2n) is 7.35. The molecule has 1 aromatic heterocycles. The number of carbonyl (C=O) groups excluding carboxylic acids is 1. The zero-order chi connectivity index (χ0) is 24.9. The van der Waals surface area contributed by atoms with E-state index in [1.807, 2.05) is 36.6 Å². The average Bonchev–Trinajstić information content (AvgIpc) is 3.21. The van der Waals surface area contributed by atoms with Crippen LogP contribution in [0, 0.1) is 0 Å². The molecular weight excluding hydrogens is 469 g/mol. The molecule has 7 nitrogen and oxygen atoms in total. The first-order chi connectivity index (χ1) is 16.1. The smallest absolute Gasteiger partial charge is 0.416 e. The molecule has 3 rings (SSSR count). The molecule has 2 atom stereocenters. The van der Waals surface area contributed by atoms with Gasteiger partial charge in [-0.05, 0) is 57.2 Å². The Kier molecular flexibility index (Phi) is 8.08. The Morgan fingerprint density at radius 1 is 1.12 bits per heavy atom. The Hall–Kier alpha value is -3.21. The van der Waals surface area contributed by atoms with Gasteiger partial charge in [0, 0.05) is 18.3 Å². The van der Waals surface area contributed by atoms with Crippen LogP contribution in [0.4, 0.5) is 18.9 Å². The molecule has 0 saturated carbocycles. The number of aromatic nitrogens is 3. The summed E-state index contributed by atoms with van der Waals surface area (Å²) < 4.78 is 51.2. The number of alkyl halides is 3. The summed E-state index contributed by atoms with van der Waals surface area (Å²) in [4.78, 5) is 12.6. The van der Waals surface area contributed by atoms with Crippen molar-refractivity contribution in [1.29, 1.82) is 0 Å². The van der Waals surface area contributed by atoms with Gasteiger partial charge in [0.2, 0.25) is 5.91 Å². The molecule has 182 valence electrons. The van der Waals surface area contributed by atoms with Gasteiger partial charge in [-0.15, -0.1) is 10.2 Å². The molecule has 1 N–H and O–H groups in total. The van der Waals surface area contributed by atoms with Gasteiger partial charge in [0.25, 0.3) is 0 Å². The lowest BCUT2D eigenvalue weighted by Crippen LogP contribution is -2.23. The highest BCUT2D eigenvalue weighted by atomic mass is 32.2. The summed E-state index contributed by atoms with van der Waals surface area (Å²) in [5, 5.41) is 11.1. The number of amides is 1. The summed E-state index contributed by atoms with van der Waals surface area (Å²) in [7, 11) is 1.58. The minimum Gasteiger partial charge on any atom is -0.497 e. The van der Waals surface area contributed by atoms with Gasteiger partial charge < -0.3 is 19.4 Å². The van der Waals surface area contributed by atoms with Crippen LogP contribution in [0.15, 0.2) is 53.7 Å². The molecule has 2 unspecified atom stereocenters. The predicted molar refractivity (Wildman–Crippen MR) is 123 cm³/mol. The number of thioether (sulfide) groups is 1. The normalized spacial score (nSPS) is 13.3. The molecule has 0 aliphatic rings. The molecule has 1 amide bonds. The van der Waals surface area contributed by atoms with Crippen molar-refractivity contribution in [3.05, 3.63) is 59.9 Å². The zero-order valence-corrected chi connectivity index (χ0v) is 19.9. The van der Waals surface area contributed by atoms with Crippen molar-refractivity contribution in [2.75, 3.05) is 12.4 Å². The minimum absolute atomic E-state index is 0.281. The monoisotopic (exact) mass is 494 g/mol. The molecular formula is C23H25F3N4O3S. The number of methoxy groups -OCH3 is 1. The molecule has 1 heterocycles. The number of anilines is 1. The largest absolute Gasteiger partial charge is 0.497 e. The third kappa shape index (κ3) is 6.22. The molecule has 0 aliphatic heterocycles. The highest BCUT2D eigenvalue weighted by Gasteiger charge is 2.30. The van der Waals surface area contributed by atoms with Crippen LogP contribution in [0.1, 0.15) is 38.3 Å². The second-order valence-corrected chi connectivity index (χ2v) is 8.66. The fourth-order valence-corrected chi connectivity index (χ4v) is 4.03. The van der Waals surface area contributed by atoms with Crippen molar-refractivity contribution in [3.8, 4) is 11.5 Å². The molecule has 3 aromatic rings. The number of ether oxygens (including phenoxy) is 2. The van der Waals surface area contributed by atoms with E-state index in [2.05, 4.69) is 15.5 Å². The Labute approximate surface area is 199 Å². The lowest BCUT2D eigenvalue weighted by Gasteiger charge is -2.17. The van der Waals surface area contributed by atoms with Crippen molar-refractivity contribution in [2.24, 2.45) is 0 Å². The second kappa shape index (κ2) is 10.8. The molecule has 34 heavy (non-hydrogen) atoms. The summed E-state index contributed by atoms with van der Waals surface area (Å²) in [5.41, 5.74) is -0.495. The molecule has 0 bridgehead atoms. The highest BCUT2D eigenvalue weighted by Crippen LogP contribution is 2.31. The lowest BCUT2D eigenvalue weighted by atomic mass is 10.2. The van der Waals surface area contributed by atoms with Gasteiger partial charge in [-0.2, -0.15) is 13.2 Å². The van der Waals surface area contributed by atoms with Crippen molar-refractivity contribution in [3.63, 3.8) is 0 Å². The number of carbonyl (C=O) groups is 1. The van der Waals surface area contributed by atoms with Crippen LogP contribution in [0.5, 0.6) is 11.5 Å². The number of rotatable bonds is 9. The van der Waals surface area contributed by atoms with E-state index in [0.29, 0.717) is 29.0 Å². The van der Waals surface area contributed by atoms with Crippen LogP contribution < -0.4 is 14.8 Å². The standard InChI is InChI=1S/C23H25F3N4O3S/c1-5-30-20(14(2)33-19-8-6-7-18(13-19)32-4)28-29-22(30)34-15(3)21(31)27-17-11-9-16(10-12-17)23(24,25)26/h6-15H,5H2,1-4H3,(H,27,31). The number of halogens is 3. The first-order valence-corrected chi connectivity index (χ1v) is 11.4. The van der Waals surface area contributed by atoms with Crippen molar-refractivity contribution in [2.45, 2.75) is 50.0 Å². The minimum atomic E-state index is -4.43. The first kappa shape index (κ1) is 25.4. The van der Waals surface area contributed by atoms with Crippen molar-refractivity contribution in [1.82, 2.24) is 14.8 Å². The maximum Gasteiger partial charge on any atom is 0.416 e. The molecule has 0 saturated heterocycles. The molecule has 2 aromatic carbocycles. The fraction of sp³-hybridized carbons (Fsp3) is 0.348. The van der Waals surface area contributed by atoms with Crippen LogP contribution in [-0.2, 0) is 17.5 Å². The Morgan fingerprint density at radius 3 is 2.41 bits per heavy atom. The van der Waals surface area contributed by atoms with Gasteiger partial charge in [-0.3, -0.25) is 4.79 Å². The number of benzene rings is 2. The van der Waals surface area contributed by atoms with Crippen molar-refractivity contribution >= 4 is 23.4 Å². The van der Waals surface area contributed by atoms with E-state index in [0.717, 1.165) is 12.1 Å². The van der Waals surface area contributed by atoms with E-state index in [4.69, 9.17) is 9.47 Å². The average molecular weight is 495 g/mol. The summed E-state index contributed by atoms with van der Waals surface area (Å²) >= 11 is 1.20. The van der Waals surface area contributed by atoms with Gasteiger partial charge in [0.05, 0.1) is 17.9 Å². The maximum absolute atomic E-state index is 12.7.